The number of nitrogens with one attached hydrogen (secondary N) is 2. The van der Waals surface area contributed by atoms with Gasteiger partial charge in [0.1, 0.15) is 0 Å². The molecular weight excluding hydrogens is 372 g/mol. The highest BCUT2D eigenvalue weighted by Crippen LogP contribution is 2.45. The average Bonchev–Trinajstić information content (AvgIpc) is 2.64. The molecule has 2 N–H and O–H groups in total. The van der Waals surface area contributed by atoms with E-state index >= 15 is 0 Å². The van der Waals surface area contributed by atoms with Crippen LogP contribution in [0, 0.1) is 24.7 Å². The van der Waals surface area contributed by atoms with Crippen molar-refractivity contribution in [2.75, 3.05) is 6.54 Å². The number of carbonyl (C=O) groups excluding carboxylic acids is 2. The van der Waals surface area contributed by atoms with E-state index in [0.29, 0.717) is 17.7 Å². The summed E-state index contributed by atoms with van der Waals surface area (Å²) in [6, 6.07) is 15.4. The third-order valence-corrected chi connectivity index (χ3v) is 6.01. The van der Waals surface area contributed by atoms with Crippen molar-refractivity contribution in [3.8, 4) is 0 Å². The van der Waals surface area contributed by atoms with Gasteiger partial charge in [-0.05, 0) is 68.2 Å². The average molecular weight is 407 g/mol. The Morgan fingerprint density at radius 1 is 0.900 bits per heavy atom. The van der Waals surface area contributed by atoms with Crippen LogP contribution >= 0.6 is 0 Å². The molecule has 160 valence electrons. The van der Waals surface area contributed by atoms with Gasteiger partial charge >= 0.3 is 0 Å². The van der Waals surface area contributed by atoms with E-state index in [2.05, 4.69) is 31.4 Å². The summed E-state index contributed by atoms with van der Waals surface area (Å²) in [5.74, 6) is -0.0591. The van der Waals surface area contributed by atoms with Crippen molar-refractivity contribution in [3.05, 3.63) is 70.8 Å². The number of benzene rings is 2. The minimum atomic E-state index is -0.0776. The Labute approximate surface area is 180 Å². The fourth-order valence-corrected chi connectivity index (χ4v) is 5.11. The first kappa shape index (κ1) is 22.1. The maximum atomic E-state index is 12.8. The highest BCUT2D eigenvalue weighted by Gasteiger charge is 2.42. The molecule has 0 aromatic heterocycles. The van der Waals surface area contributed by atoms with E-state index in [-0.39, 0.29) is 28.7 Å². The zero-order chi connectivity index (χ0) is 21.9. The van der Waals surface area contributed by atoms with Crippen LogP contribution in [-0.4, -0.2) is 24.4 Å². The van der Waals surface area contributed by atoms with Crippen LogP contribution < -0.4 is 10.6 Å². The summed E-state index contributed by atoms with van der Waals surface area (Å²) in [6.45, 7) is 11.3. The molecule has 0 saturated heterocycles. The summed E-state index contributed by atoms with van der Waals surface area (Å²) in [5.41, 5.74) is 3.56. The molecule has 0 aliphatic heterocycles. The van der Waals surface area contributed by atoms with Crippen LogP contribution in [0.2, 0.25) is 0 Å². The minimum absolute atomic E-state index is 0.0208. The number of amides is 2. The molecule has 3 rings (SSSR count). The van der Waals surface area contributed by atoms with Crippen molar-refractivity contribution in [1.29, 1.82) is 0 Å². The first-order valence-electron chi connectivity index (χ1n) is 10.8. The lowest BCUT2D eigenvalue weighted by Gasteiger charge is -2.47. The predicted octanol–water partition coefficient (Wildman–Crippen LogP) is 5.05. The Bertz CT molecular complexity index is 934. The van der Waals surface area contributed by atoms with E-state index in [1.807, 2.05) is 62.4 Å². The lowest BCUT2D eigenvalue weighted by atomic mass is 9.62. The quantitative estimate of drug-likeness (QED) is 0.730. The molecule has 4 nitrogen and oxygen atoms in total. The third kappa shape index (κ3) is 5.71. The molecule has 1 fully saturated rings. The van der Waals surface area contributed by atoms with Gasteiger partial charge in [-0.15, -0.1) is 0 Å². The molecule has 0 heterocycles. The van der Waals surface area contributed by atoms with Crippen molar-refractivity contribution in [2.45, 2.75) is 59.9 Å². The molecule has 1 saturated carbocycles. The Kier molecular flexibility index (Phi) is 6.35. The van der Waals surface area contributed by atoms with Gasteiger partial charge in [-0.25, -0.2) is 0 Å². The van der Waals surface area contributed by atoms with Gasteiger partial charge in [0.15, 0.2) is 0 Å². The monoisotopic (exact) mass is 406 g/mol. The van der Waals surface area contributed by atoms with Gasteiger partial charge in [0.25, 0.3) is 11.8 Å². The Morgan fingerprint density at radius 2 is 1.47 bits per heavy atom. The van der Waals surface area contributed by atoms with Crippen LogP contribution in [0.4, 0.5) is 0 Å². The number of rotatable bonds is 5. The van der Waals surface area contributed by atoms with Gasteiger partial charge in [-0.1, -0.05) is 56.2 Å². The Balaban J connectivity index is 1.67. The Hall–Kier alpha value is -2.62. The van der Waals surface area contributed by atoms with Crippen LogP contribution in [0.1, 0.15) is 71.9 Å². The van der Waals surface area contributed by atoms with Crippen molar-refractivity contribution >= 4 is 11.8 Å². The van der Waals surface area contributed by atoms with Crippen LogP contribution in [0.15, 0.2) is 48.5 Å². The summed E-state index contributed by atoms with van der Waals surface area (Å²) >= 11 is 0. The molecule has 0 bridgehead atoms. The maximum absolute atomic E-state index is 12.8. The van der Waals surface area contributed by atoms with Crippen molar-refractivity contribution < 1.29 is 9.59 Å². The number of hydrogen-bond donors (Lipinski definition) is 2. The van der Waals surface area contributed by atoms with E-state index in [1.165, 1.54) is 0 Å². The largest absolute Gasteiger partial charge is 0.351 e. The maximum Gasteiger partial charge on any atom is 0.251 e. The number of hydrogen-bond acceptors (Lipinski definition) is 2. The molecule has 1 aliphatic rings. The highest BCUT2D eigenvalue weighted by atomic mass is 16.2. The predicted molar refractivity (Wildman–Crippen MR) is 122 cm³/mol. The van der Waals surface area contributed by atoms with Crippen LogP contribution in [-0.2, 0) is 0 Å². The van der Waals surface area contributed by atoms with Gasteiger partial charge in [0.2, 0.25) is 0 Å². The zero-order valence-electron chi connectivity index (χ0n) is 18.8. The highest BCUT2D eigenvalue weighted by molar-refractivity contribution is 5.95. The molecule has 4 heteroatoms. The van der Waals surface area contributed by atoms with E-state index in [9.17, 15) is 9.59 Å². The molecule has 0 unspecified atom stereocenters. The van der Waals surface area contributed by atoms with Gasteiger partial charge < -0.3 is 10.6 Å². The first-order chi connectivity index (χ1) is 14.1. The van der Waals surface area contributed by atoms with E-state index in [0.717, 1.165) is 30.4 Å². The lowest BCUT2D eigenvalue weighted by molar-refractivity contribution is 0.0592. The SMILES string of the molecule is Cc1cccc(C(=O)NC[C@@]2(C)C[C@@H](NC(=O)c3cccc(C)c3)CC(C)(C)C2)c1. The second kappa shape index (κ2) is 8.63. The summed E-state index contributed by atoms with van der Waals surface area (Å²) in [7, 11) is 0. The lowest BCUT2D eigenvalue weighted by Crippen LogP contribution is -2.50. The fraction of sp³-hybridized carbons (Fsp3) is 0.462. The molecule has 2 aromatic carbocycles. The van der Waals surface area contributed by atoms with Crippen LogP contribution in [0.3, 0.4) is 0 Å². The van der Waals surface area contributed by atoms with Gasteiger partial charge in [0, 0.05) is 23.7 Å². The first-order valence-corrected chi connectivity index (χ1v) is 10.8. The van der Waals surface area contributed by atoms with E-state index < -0.39 is 0 Å². The summed E-state index contributed by atoms with van der Waals surface area (Å²) in [6.07, 6.45) is 2.79. The molecular formula is C26H34N2O2. The molecule has 0 radical (unpaired) electrons. The summed E-state index contributed by atoms with van der Waals surface area (Å²) in [5, 5.41) is 6.38. The minimum Gasteiger partial charge on any atom is -0.351 e. The van der Waals surface area contributed by atoms with Gasteiger partial charge in [-0.2, -0.15) is 0 Å². The van der Waals surface area contributed by atoms with E-state index in [1.54, 1.807) is 0 Å². The second-order valence-corrected chi connectivity index (χ2v) is 10.2. The summed E-state index contributed by atoms with van der Waals surface area (Å²) < 4.78 is 0. The van der Waals surface area contributed by atoms with Crippen LogP contribution in [0.25, 0.3) is 0 Å². The third-order valence-electron chi connectivity index (χ3n) is 6.01. The Morgan fingerprint density at radius 3 is 2.03 bits per heavy atom. The normalized spacial score (nSPS) is 22.9. The molecule has 0 spiro atoms. The van der Waals surface area contributed by atoms with Crippen LogP contribution in [0.5, 0.6) is 0 Å². The number of carbonyl (C=O) groups is 2. The molecule has 2 amide bonds. The van der Waals surface area contributed by atoms with E-state index in [4.69, 9.17) is 0 Å². The summed E-state index contributed by atoms with van der Waals surface area (Å²) in [4.78, 5) is 25.4. The fourth-order valence-electron chi connectivity index (χ4n) is 5.11. The molecule has 30 heavy (non-hydrogen) atoms. The van der Waals surface area contributed by atoms with Crippen molar-refractivity contribution in [2.24, 2.45) is 10.8 Å². The smallest absolute Gasteiger partial charge is 0.251 e. The molecule has 2 atom stereocenters. The number of aryl methyl sites for hydroxylation is 2. The van der Waals surface area contributed by atoms with Crippen molar-refractivity contribution in [3.63, 3.8) is 0 Å². The van der Waals surface area contributed by atoms with Crippen molar-refractivity contribution in [1.82, 2.24) is 10.6 Å². The molecule has 1 aliphatic carbocycles. The topological polar surface area (TPSA) is 58.2 Å². The molecule has 2 aromatic rings. The second-order valence-electron chi connectivity index (χ2n) is 10.2. The zero-order valence-corrected chi connectivity index (χ0v) is 18.8. The van der Waals surface area contributed by atoms with Gasteiger partial charge in [0.05, 0.1) is 0 Å². The standard InChI is InChI=1S/C26H34N2O2/c1-18-8-6-10-20(12-18)23(29)27-17-26(5)15-22(14-25(3,4)16-26)28-24(30)21-11-7-9-19(2)13-21/h6-13,22H,14-17H2,1-5H3,(H,27,29)(H,28,30)/t22-,26-/m0/s1. The van der Waals surface area contributed by atoms with Gasteiger partial charge in [-0.3, -0.25) is 9.59 Å².